The Kier molecular flexibility index (Phi) is 3.99. The van der Waals surface area contributed by atoms with E-state index in [2.05, 4.69) is 26.2 Å². The van der Waals surface area contributed by atoms with Crippen molar-refractivity contribution in [1.82, 2.24) is 4.98 Å². The van der Waals surface area contributed by atoms with Gasteiger partial charge in [0.05, 0.1) is 5.02 Å². The molecule has 0 unspecified atom stereocenters. The topological polar surface area (TPSA) is 42.0 Å². The van der Waals surface area contributed by atoms with Crippen LogP contribution in [0.15, 0.2) is 41.0 Å². The van der Waals surface area contributed by atoms with Gasteiger partial charge >= 0.3 is 0 Å². The lowest BCUT2D eigenvalue weighted by atomic mass is 10.2. The van der Waals surface area contributed by atoms with Gasteiger partial charge in [0.2, 0.25) is 0 Å². The van der Waals surface area contributed by atoms with Crippen molar-refractivity contribution in [2.45, 2.75) is 6.92 Å². The highest BCUT2D eigenvalue weighted by atomic mass is 79.9. The Labute approximate surface area is 118 Å². The summed E-state index contributed by atoms with van der Waals surface area (Å²) in [5.74, 6) is 0.283. The second kappa shape index (κ2) is 5.50. The molecule has 1 amide bonds. The summed E-state index contributed by atoms with van der Waals surface area (Å²) < 4.78 is 0.758. The van der Waals surface area contributed by atoms with Gasteiger partial charge in [-0.15, -0.1) is 0 Å². The summed E-state index contributed by atoms with van der Waals surface area (Å²) in [7, 11) is 0. The van der Waals surface area contributed by atoms with E-state index in [0.29, 0.717) is 16.4 Å². The van der Waals surface area contributed by atoms with E-state index in [9.17, 15) is 4.79 Å². The zero-order valence-corrected chi connectivity index (χ0v) is 11.9. The number of nitrogens with zero attached hydrogens (tertiary/aromatic N) is 1. The van der Waals surface area contributed by atoms with Crippen LogP contribution in [0, 0.1) is 6.92 Å². The molecule has 92 valence electrons. The number of benzene rings is 1. The van der Waals surface area contributed by atoms with Gasteiger partial charge in [0, 0.05) is 16.2 Å². The van der Waals surface area contributed by atoms with E-state index in [4.69, 9.17) is 11.6 Å². The van der Waals surface area contributed by atoms with E-state index in [0.717, 1.165) is 10.0 Å². The van der Waals surface area contributed by atoms with E-state index in [1.807, 2.05) is 13.0 Å². The number of hydrogen-bond acceptors (Lipinski definition) is 2. The van der Waals surface area contributed by atoms with Crippen molar-refractivity contribution >= 4 is 39.3 Å². The molecule has 3 nitrogen and oxygen atoms in total. The minimum atomic E-state index is -0.235. The number of rotatable bonds is 2. The third-order valence-electron chi connectivity index (χ3n) is 2.33. The van der Waals surface area contributed by atoms with Crippen LogP contribution in [-0.4, -0.2) is 10.9 Å². The Balaban J connectivity index is 2.16. The number of aromatic nitrogens is 1. The standard InChI is InChI=1S/C13H10BrClN2O/c1-8-2-5-12(16-7-8)17-13(18)9-3-4-10(14)11(15)6-9/h2-7H,1H3,(H,16,17,18). The second-order valence-corrected chi connectivity index (χ2v) is 5.07. The summed E-state index contributed by atoms with van der Waals surface area (Å²) in [6, 6.07) is 8.68. The summed E-state index contributed by atoms with van der Waals surface area (Å²) >= 11 is 9.22. The lowest BCUT2D eigenvalue weighted by Gasteiger charge is -2.05. The van der Waals surface area contributed by atoms with Crippen LogP contribution < -0.4 is 5.32 Å². The van der Waals surface area contributed by atoms with Crippen molar-refractivity contribution < 1.29 is 4.79 Å². The molecule has 0 aliphatic carbocycles. The molecule has 1 N–H and O–H groups in total. The highest BCUT2D eigenvalue weighted by Gasteiger charge is 2.08. The number of nitrogens with one attached hydrogen (secondary N) is 1. The minimum absolute atomic E-state index is 0.235. The molecule has 2 aromatic rings. The largest absolute Gasteiger partial charge is 0.307 e. The molecule has 1 aromatic heterocycles. The number of carbonyl (C=O) groups is 1. The van der Waals surface area contributed by atoms with Crippen molar-refractivity contribution in [3.05, 3.63) is 57.2 Å². The molecule has 0 aliphatic rings. The van der Waals surface area contributed by atoms with Gasteiger partial charge in [0.15, 0.2) is 0 Å². The van der Waals surface area contributed by atoms with Crippen molar-refractivity contribution in [3.8, 4) is 0 Å². The Hall–Kier alpha value is -1.39. The first-order valence-electron chi connectivity index (χ1n) is 5.25. The van der Waals surface area contributed by atoms with Crippen LogP contribution >= 0.6 is 27.5 Å². The molecule has 0 saturated heterocycles. The highest BCUT2D eigenvalue weighted by molar-refractivity contribution is 9.10. The van der Waals surface area contributed by atoms with Crippen LogP contribution in [0.3, 0.4) is 0 Å². The maximum atomic E-state index is 11.9. The van der Waals surface area contributed by atoms with Gasteiger partial charge in [-0.05, 0) is 52.7 Å². The summed E-state index contributed by atoms with van der Waals surface area (Å²) in [6.07, 6.45) is 1.70. The molecule has 0 spiro atoms. The van der Waals surface area contributed by atoms with E-state index in [1.165, 1.54) is 0 Å². The fourth-order valence-corrected chi connectivity index (χ4v) is 1.79. The van der Waals surface area contributed by atoms with E-state index in [-0.39, 0.29) is 5.91 Å². The quantitative estimate of drug-likeness (QED) is 0.905. The van der Waals surface area contributed by atoms with Gasteiger partial charge in [0.25, 0.3) is 5.91 Å². The van der Waals surface area contributed by atoms with Crippen LogP contribution in [0.5, 0.6) is 0 Å². The molecule has 5 heteroatoms. The molecule has 0 aliphatic heterocycles. The van der Waals surface area contributed by atoms with Crippen molar-refractivity contribution in [1.29, 1.82) is 0 Å². The number of amides is 1. The average Bonchev–Trinajstić information content (AvgIpc) is 2.35. The van der Waals surface area contributed by atoms with Gasteiger partial charge in [-0.3, -0.25) is 4.79 Å². The molecule has 0 fully saturated rings. The monoisotopic (exact) mass is 324 g/mol. The first kappa shape index (κ1) is 13.1. The third-order valence-corrected chi connectivity index (χ3v) is 3.57. The molecule has 18 heavy (non-hydrogen) atoms. The first-order chi connectivity index (χ1) is 8.56. The Bertz CT molecular complexity index is 584. The molecular formula is C13H10BrClN2O. The summed E-state index contributed by atoms with van der Waals surface area (Å²) in [6.45, 7) is 1.94. The zero-order chi connectivity index (χ0) is 13.1. The molecule has 0 bridgehead atoms. The van der Waals surface area contributed by atoms with Gasteiger partial charge < -0.3 is 5.32 Å². The number of carbonyl (C=O) groups excluding carboxylic acids is 1. The lowest BCUT2D eigenvalue weighted by Crippen LogP contribution is -2.12. The summed E-state index contributed by atoms with van der Waals surface area (Å²) in [4.78, 5) is 16.0. The number of aryl methyl sites for hydroxylation is 1. The van der Waals surface area contributed by atoms with Gasteiger partial charge in [-0.25, -0.2) is 4.98 Å². The molecule has 1 aromatic carbocycles. The third kappa shape index (κ3) is 3.09. The van der Waals surface area contributed by atoms with Crippen LogP contribution in [-0.2, 0) is 0 Å². The minimum Gasteiger partial charge on any atom is -0.307 e. The fraction of sp³-hybridized carbons (Fsp3) is 0.0769. The summed E-state index contributed by atoms with van der Waals surface area (Å²) in [5, 5.41) is 3.21. The fourth-order valence-electron chi connectivity index (χ4n) is 1.37. The Morgan fingerprint density at radius 3 is 2.72 bits per heavy atom. The molecule has 0 radical (unpaired) electrons. The van der Waals surface area contributed by atoms with Gasteiger partial charge in [0.1, 0.15) is 5.82 Å². The van der Waals surface area contributed by atoms with Crippen LogP contribution in [0.25, 0.3) is 0 Å². The Morgan fingerprint density at radius 2 is 2.11 bits per heavy atom. The Morgan fingerprint density at radius 1 is 1.33 bits per heavy atom. The maximum Gasteiger partial charge on any atom is 0.256 e. The first-order valence-corrected chi connectivity index (χ1v) is 6.42. The van der Waals surface area contributed by atoms with Crippen LogP contribution in [0.4, 0.5) is 5.82 Å². The second-order valence-electron chi connectivity index (χ2n) is 3.80. The smallest absolute Gasteiger partial charge is 0.256 e. The van der Waals surface area contributed by atoms with Gasteiger partial charge in [-0.2, -0.15) is 0 Å². The van der Waals surface area contributed by atoms with Crippen molar-refractivity contribution in [2.75, 3.05) is 5.32 Å². The van der Waals surface area contributed by atoms with Crippen LogP contribution in [0.1, 0.15) is 15.9 Å². The molecular weight excluding hydrogens is 316 g/mol. The number of halogens is 2. The maximum absolute atomic E-state index is 11.9. The van der Waals surface area contributed by atoms with Gasteiger partial charge in [-0.1, -0.05) is 17.7 Å². The highest BCUT2D eigenvalue weighted by Crippen LogP contribution is 2.23. The zero-order valence-electron chi connectivity index (χ0n) is 9.58. The number of pyridine rings is 1. The lowest BCUT2D eigenvalue weighted by molar-refractivity contribution is 0.102. The van der Waals surface area contributed by atoms with Crippen LogP contribution in [0.2, 0.25) is 5.02 Å². The van der Waals surface area contributed by atoms with E-state index >= 15 is 0 Å². The predicted octanol–water partition coefficient (Wildman–Crippen LogP) is 4.06. The average molecular weight is 326 g/mol. The predicted molar refractivity (Wildman–Crippen MR) is 76.1 cm³/mol. The SMILES string of the molecule is Cc1ccc(NC(=O)c2ccc(Br)c(Cl)c2)nc1. The van der Waals surface area contributed by atoms with E-state index < -0.39 is 0 Å². The van der Waals surface area contributed by atoms with Crippen molar-refractivity contribution in [3.63, 3.8) is 0 Å². The number of anilines is 1. The summed E-state index contributed by atoms with van der Waals surface area (Å²) in [5.41, 5.74) is 1.53. The van der Waals surface area contributed by atoms with Crippen molar-refractivity contribution in [2.24, 2.45) is 0 Å². The van der Waals surface area contributed by atoms with E-state index in [1.54, 1.807) is 30.5 Å². The molecule has 0 saturated carbocycles. The number of hydrogen-bond donors (Lipinski definition) is 1. The normalized spacial score (nSPS) is 10.2. The molecule has 1 heterocycles. The molecule has 0 atom stereocenters. The molecule has 2 rings (SSSR count).